The summed E-state index contributed by atoms with van der Waals surface area (Å²) >= 11 is 0. The van der Waals surface area contributed by atoms with Crippen LogP contribution in [-0.4, -0.2) is 37.8 Å². The van der Waals surface area contributed by atoms with E-state index in [0.717, 1.165) is 29.8 Å². The van der Waals surface area contributed by atoms with Crippen molar-refractivity contribution in [3.05, 3.63) is 23.8 Å². The van der Waals surface area contributed by atoms with Crippen LogP contribution in [0.5, 0.6) is 5.75 Å². The van der Waals surface area contributed by atoms with Crippen molar-refractivity contribution in [1.82, 2.24) is 4.90 Å². The van der Waals surface area contributed by atoms with E-state index in [1.807, 2.05) is 25.1 Å². The number of rotatable bonds is 7. The van der Waals surface area contributed by atoms with Gasteiger partial charge < -0.3 is 20.1 Å². The number of benzene rings is 1. The smallest absolute Gasteiger partial charge is 0.409 e. The average molecular weight is 280 g/mol. The lowest BCUT2D eigenvalue weighted by Gasteiger charge is -2.17. The number of aryl methyl sites for hydroxylation is 1. The Morgan fingerprint density at radius 3 is 2.75 bits per heavy atom. The van der Waals surface area contributed by atoms with Gasteiger partial charge in [0.1, 0.15) is 12.4 Å². The van der Waals surface area contributed by atoms with E-state index in [-0.39, 0.29) is 6.09 Å². The van der Waals surface area contributed by atoms with Gasteiger partial charge in [0.05, 0.1) is 13.2 Å². The normalized spacial score (nSPS) is 10.2. The van der Waals surface area contributed by atoms with Gasteiger partial charge in [-0.2, -0.15) is 0 Å². The molecule has 112 valence electrons. The molecule has 1 aromatic rings. The summed E-state index contributed by atoms with van der Waals surface area (Å²) in [6.07, 6.45) is 1.59. The number of carbonyl (C=O) groups excluding carboxylic acids is 1. The molecule has 0 bridgehead atoms. The maximum Gasteiger partial charge on any atom is 0.409 e. The zero-order chi connectivity index (χ0) is 15.0. The summed E-state index contributed by atoms with van der Waals surface area (Å²) < 4.78 is 10.7. The quantitative estimate of drug-likeness (QED) is 0.616. The molecule has 0 fully saturated rings. The van der Waals surface area contributed by atoms with E-state index in [1.54, 1.807) is 7.05 Å². The first-order chi connectivity index (χ1) is 9.54. The molecule has 0 aliphatic heterocycles. The Balaban J connectivity index is 2.28. The summed E-state index contributed by atoms with van der Waals surface area (Å²) in [6, 6.07) is 5.52. The first-order valence-corrected chi connectivity index (χ1v) is 6.91. The molecule has 1 rings (SSSR count). The second-order valence-corrected chi connectivity index (χ2v) is 4.76. The molecule has 0 unspecified atom stereocenters. The van der Waals surface area contributed by atoms with Crippen molar-refractivity contribution in [2.24, 2.45) is 0 Å². The van der Waals surface area contributed by atoms with Crippen LogP contribution < -0.4 is 10.5 Å². The van der Waals surface area contributed by atoms with Gasteiger partial charge >= 0.3 is 6.09 Å². The Labute approximate surface area is 120 Å². The largest absolute Gasteiger partial charge is 0.492 e. The van der Waals surface area contributed by atoms with Crippen molar-refractivity contribution < 1.29 is 14.3 Å². The SMILES string of the molecule is CCCCOC(=O)N(C)CCOc1ccc(N)c(C)c1. The van der Waals surface area contributed by atoms with Gasteiger partial charge in [0, 0.05) is 12.7 Å². The minimum atomic E-state index is -0.310. The molecule has 2 N–H and O–H groups in total. The summed E-state index contributed by atoms with van der Waals surface area (Å²) in [5, 5.41) is 0. The topological polar surface area (TPSA) is 64.8 Å². The molecular weight excluding hydrogens is 256 g/mol. The zero-order valence-electron chi connectivity index (χ0n) is 12.5. The van der Waals surface area contributed by atoms with E-state index >= 15 is 0 Å². The van der Waals surface area contributed by atoms with Gasteiger partial charge in [-0.1, -0.05) is 13.3 Å². The van der Waals surface area contributed by atoms with E-state index < -0.39 is 0 Å². The van der Waals surface area contributed by atoms with E-state index in [9.17, 15) is 4.79 Å². The standard InChI is InChI=1S/C15H24N2O3/c1-4-5-9-20-15(18)17(3)8-10-19-13-6-7-14(16)12(2)11-13/h6-7,11H,4-5,8-10,16H2,1-3H3. The molecule has 0 heterocycles. The molecule has 0 aliphatic rings. The highest BCUT2D eigenvalue weighted by atomic mass is 16.6. The highest BCUT2D eigenvalue weighted by molar-refractivity contribution is 5.67. The fraction of sp³-hybridized carbons (Fsp3) is 0.533. The fourth-order valence-electron chi connectivity index (χ4n) is 1.54. The number of carbonyl (C=O) groups is 1. The molecule has 0 saturated carbocycles. The van der Waals surface area contributed by atoms with E-state index in [0.29, 0.717) is 19.8 Å². The van der Waals surface area contributed by atoms with Crippen molar-refractivity contribution in [3.63, 3.8) is 0 Å². The van der Waals surface area contributed by atoms with Gasteiger partial charge in [-0.05, 0) is 37.1 Å². The van der Waals surface area contributed by atoms with Crippen LogP contribution in [0.2, 0.25) is 0 Å². The summed E-state index contributed by atoms with van der Waals surface area (Å²) in [5.74, 6) is 0.754. The van der Waals surface area contributed by atoms with Gasteiger partial charge in [0.15, 0.2) is 0 Å². The number of likely N-dealkylation sites (N-methyl/N-ethyl adjacent to an activating group) is 1. The van der Waals surface area contributed by atoms with Crippen molar-refractivity contribution >= 4 is 11.8 Å². The van der Waals surface area contributed by atoms with Crippen LogP contribution in [0.1, 0.15) is 25.3 Å². The Kier molecular flexibility index (Phi) is 6.70. The Morgan fingerprint density at radius 2 is 2.10 bits per heavy atom. The van der Waals surface area contributed by atoms with Crippen LogP contribution in [0.4, 0.5) is 10.5 Å². The number of ether oxygens (including phenoxy) is 2. The van der Waals surface area contributed by atoms with Crippen molar-refractivity contribution in [2.45, 2.75) is 26.7 Å². The maximum absolute atomic E-state index is 11.6. The molecule has 0 saturated heterocycles. The van der Waals surface area contributed by atoms with E-state index in [2.05, 4.69) is 6.92 Å². The van der Waals surface area contributed by atoms with Crippen LogP contribution in [0.15, 0.2) is 18.2 Å². The lowest BCUT2D eigenvalue weighted by Crippen LogP contribution is -2.31. The summed E-state index contributed by atoms with van der Waals surface area (Å²) in [6.45, 7) is 5.36. The summed E-state index contributed by atoms with van der Waals surface area (Å²) in [4.78, 5) is 13.1. The van der Waals surface area contributed by atoms with Crippen LogP contribution >= 0.6 is 0 Å². The van der Waals surface area contributed by atoms with E-state index in [1.165, 1.54) is 4.90 Å². The number of hydrogen-bond acceptors (Lipinski definition) is 4. The lowest BCUT2D eigenvalue weighted by atomic mass is 10.2. The van der Waals surface area contributed by atoms with Crippen LogP contribution in [0, 0.1) is 6.92 Å². The van der Waals surface area contributed by atoms with Crippen molar-refractivity contribution in [3.8, 4) is 5.75 Å². The first-order valence-electron chi connectivity index (χ1n) is 6.91. The second kappa shape index (κ2) is 8.30. The maximum atomic E-state index is 11.6. The number of unbranched alkanes of at least 4 members (excludes halogenated alkanes) is 1. The van der Waals surface area contributed by atoms with Gasteiger partial charge in [0.25, 0.3) is 0 Å². The van der Waals surface area contributed by atoms with Gasteiger partial charge in [-0.3, -0.25) is 0 Å². The second-order valence-electron chi connectivity index (χ2n) is 4.76. The fourth-order valence-corrected chi connectivity index (χ4v) is 1.54. The van der Waals surface area contributed by atoms with Crippen molar-refractivity contribution in [1.29, 1.82) is 0 Å². The minimum absolute atomic E-state index is 0.310. The monoisotopic (exact) mass is 280 g/mol. The Hall–Kier alpha value is -1.91. The third kappa shape index (κ3) is 5.38. The molecular formula is C15H24N2O3. The highest BCUT2D eigenvalue weighted by Gasteiger charge is 2.09. The number of hydrogen-bond donors (Lipinski definition) is 1. The molecule has 0 radical (unpaired) electrons. The number of nitrogens with two attached hydrogens (primary N) is 1. The third-order valence-corrected chi connectivity index (χ3v) is 2.97. The predicted octanol–water partition coefficient (Wildman–Crippen LogP) is 2.82. The van der Waals surface area contributed by atoms with Gasteiger partial charge in [-0.15, -0.1) is 0 Å². The summed E-state index contributed by atoms with van der Waals surface area (Å²) in [7, 11) is 1.70. The number of nitrogens with zero attached hydrogens (tertiary/aromatic N) is 1. The number of nitrogen functional groups attached to an aromatic ring is 1. The van der Waals surface area contributed by atoms with Crippen LogP contribution in [0.25, 0.3) is 0 Å². The number of anilines is 1. The third-order valence-electron chi connectivity index (χ3n) is 2.97. The Bertz CT molecular complexity index is 435. The molecule has 0 aliphatic carbocycles. The first kappa shape index (κ1) is 16.1. The Morgan fingerprint density at radius 1 is 1.35 bits per heavy atom. The molecule has 5 nitrogen and oxygen atoms in total. The minimum Gasteiger partial charge on any atom is -0.492 e. The van der Waals surface area contributed by atoms with Crippen molar-refractivity contribution in [2.75, 3.05) is 32.5 Å². The highest BCUT2D eigenvalue weighted by Crippen LogP contribution is 2.18. The molecule has 1 aromatic carbocycles. The number of amides is 1. The van der Waals surface area contributed by atoms with Crippen LogP contribution in [0.3, 0.4) is 0 Å². The molecule has 0 atom stereocenters. The molecule has 0 aromatic heterocycles. The summed E-state index contributed by atoms with van der Waals surface area (Å²) in [5.41, 5.74) is 7.46. The molecule has 5 heteroatoms. The predicted molar refractivity (Wildman–Crippen MR) is 80.0 cm³/mol. The van der Waals surface area contributed by atoms with Gasteiger partial charge in [0.2, 0.25) is 0 Å². The average Bonchev–Trinajstić information content (AvgIpc) is 2.42. The van der Waals surface area contributed by atoms with Gasteiger partial charge in [-0.25, -0.2) is 4.79 Å². The zero-order valence-corrected chi connectivity index (χ0v) is 12.5. The molecule has 20 heavy (non-hydrogen) atoms. The van der Waals surface area contributed by atoms with Crippen LogP contribution in [-0.2, 0) is 4.74 Å². The lowest BCUT2D eigenvalue weighted by molar-refractivity contribution is 0.104. The molecule has 1 amide bonds. The molecule has 0 spiro atoms. The van der Waals surface area contributed by atoms with E-state index in [4.69, 9.17) is 15.2 Å².